The van der Waals surface area contributed by atoms with Crippen LogP contribution in [0, 0.1) is 17.8 Å². The van der Waals surface area contributed by atoms with Crippen molar-refractivity contribution < 1.29 is 50.2 Å². The molecular weight excluding hydrogens is 837 g/mol. The molecule has 0 bridgehead atoms. The van der Waals surface area contributed by atoms with Gasteiger partial charge in [0.15, 0.2) is 0 Å². The Labute approximate surface area is 363 Å². The third-order valence-electron chi connectivity index (χ3n) is 12.9. The highest BCUT2D eigenvalue weighted by Crippen LogP contribution is 2.52. The van der Waals surface area contributed by atoms with Gasteiger partial charge in [-0.15, -0.1) is 0 Å². The van der Waals surface area contributed by atoms with E-state index in [9.17, 15) is 41.0 Å². The zero-order valence-electron chi connectivity index (χ0n) is 35.2. The molecule has 13 heteroatoms. The summed E-state index contributed by atoms with van der Waals surface area (Å²) in [4.78, 5) is 29.4. The van der Waals surface area contributed by atoms with Gasteiger partial charge >= 0.3 is 12.4 Å². The van der Waals surface area contributed by atoms with Crippen LogP contribution in [0.15, 0.2) is 132 Å². The van der Waals surface area contributed by atoms with E-state index in [-0.39, 0.29) is 31.5 Å². The van der Waals surface area contributed by atoms with E-state index in [1.54, 1.807) is 6.07 Å². The number of anilines is 1. The first-order valence-corrected chi connectivity index (χ1v) is 22.8. The number of nitrogens with zero attached hydrogens (tertiary/aromatic N) is 1. The molecule has 0 unspecified atom stereocenters. The summed E-state index contributed by atoms with van der Waals surface area (Å²) in [5, 5.41) is 13.7. The van der Waals surface area contributed by atoms with Crippen molar-refractivity contribution >= 4 is 53.0 Å². The van der Waals surface area contributed by atoms with Crippen LogP contribution in [0.4, 0.5) is 32.0 Å². The number of fused-ring (bicyclic) bond motifs is 4. The lowest BCUT2D eigenvalue weighted by Gasteiger charge is -2.44. The summed E-state index contributed by atoms with van der Waals surface area (Å²) in [6.45, 7) is 8.47. The second kappa shape index (κ2) is 16.6. The minimum atomic E-state index is -5.18. The average molecular weight is 884 g/mol. The van der Waals surface area contributed by atoms with E-state index in [0.29, 0.717) is 29.9 Å². The molecule has 0 saturated carbocycles. The molecule has 0 spiro atoms. The number of amides is 2. The molecule has 2 aliphatic heterocycles. The summed E-state index contributed by atoms with van der Waals surface area (Å²) in [5.74, 6) is -4.36. The number of hydrogen-bond donors (Lipinski definition) is 1. The number of rotatable bonds is 10. The van der Waals surface area contributed by atoms with Crippen LogP contribution in [0.25, 0.3) is 16.8 Å². The first kappa shape index (κ1) is 44.1. The number of carbonyl (C=O) groups excluding carboxylic acids is 2. The Morgan fingerprint density at radius 3 is 1.92 bits per heavy atom. The standard InChI is InChI=1S/C50H47F6NO5Si/c1-30(23-31-20-21-42(58)39-18-12-11-17-38(31)39)19-22-43-44-32(28-62-63(48(2,3)4,36-13-7-5-8-14-36)37-15-9-6-10-16-37)24-40-45(41(44)29-61-43)47(60)57(46(40)59)35-26-33(49(51,52)53)25-34(27-35)50(54,55)56/h5-18,20-21,23,25-27,40-41,43,45,58H,19,22,24,28-29H2,1-4H3/b30-23+/t40-,41+,43-,45-/m1/s1. The number of hydrogen-bond acceptors (Lipinski definition) is 5. The molecule has 2 fully saturated rings. The predicted octanol–water partition coefficient (Wildman–Crippen LogP) is 10.9. The fourth-order valence-electron chi connectivity index (χ4n) is 10.0. The third-order valence-corrected chi connectivity index (χ3v) is 17.8. The van der Waals surface area contributed by atoms with Crippen molar-refractivity contribution in [3.63, 3.8) is 0 Å². The molecule has 2 heterocycles. The number of halogens is 6. The van der Waals surface area contributed by atoms with Gasteiger partial charge in [0, 0.05) is 11.3 Å². The number of phenols is 1. The number of ether oxygens (including phenoxy) is 1. The first-order chi connectivity index (χ1) is 29.8. The smallest absolute Gasteiger partial charge is 0.416 e. The van der Waals surface area contributed by atoms with Crippen LogP contribution in [0.3, 0.4) is 0 Å². The number of carbonyl (C=O) groups is 2. The van der Waals surface area contributed by atoms with E-state index >= 15 is 0 Å². The predicted molar refractivity (Wildman–Crippen MR) is 233 cm³/mol. The Morgan fingerprint density at radius 2 is 1.35 bits per heavy atom. The SMILES string of the molecule is C/C(=C\c1ccc(O)c2ccccc12)CC[C@H]1OC[C@H]2C1=C(CO[Si](c1ccccc1)(c1ccccc1)C(C)(C)C)C[C@H]1C(=O)N(c3cc(C(F)(F)F)cc(C(F)(F)F)c3)C(=O)[C@H]12. The van der Waals surface area contributed by atoms with Gasteiger partial charge in [-0.25, -0.2) is 4.90 Å². The highest BCUT2D eigenvalue weighted by molar-refractivity contribution is 6.99. The maximum absolute atomic E-state index is 14.5. The molecule has 0 radical (unpaired) electrons. The molecule has 5 aromatic rings. The van der Waals surface area contributed by atoms with Gasteiger partial charge in [-0.1, -0.05) is 123 Å². The van der Waals surface area contributed by atoms with Crippen LogP contribution in [0.5, 0.6) is 5.75 Å². The molecule has 2 saturated heterocycles. The van der Waals surface area contributed by atoms with Gasteiger partial charge in [0.05, 0.1) is 48.0 Å². The van der Waals surface area contributed by atoms with Crippen LogP contribution >= 0.6 is 0 Å². The molecule has 63 heavy (non-hydrogen) atoms. The van der Waals surface area contributed by atoms with E-state index in [0.717, 1.165) is 43.4 Å². The van der Waals surface area contributed by atoms with Crippen molar-refractivity contribution in [2.75, 3.05) is 18.1 Å². The number of alkyl halides is 6. The summed E-state index contributed by atoms with van der Waals surface area (Å²) >= 11 is 0. The van der Waals surface area contributed by atoms with Gasteiger partial charge in [-0.05, 0) is 88.0 Å². The molecule has 1 aliphatic carbocycles. The monoisotopic (exact) mass is 883 g/mol. The fraction of sp³-hybridized carbons (Fsp3) is 0.320. The Balaban J connectivity index is 1.19. The maximum Gasteiger partial charge on any atom is 0.416 e. The van der Waals surface area contributed by atoms with E-state index in [2.05, 4.69) is 45.0 Å². The zero-order valence-corrected chi connectivity index (χ0v) is 36.2. The van der Waals surface area contributed by atoms with E-state index in [1.165, 1.54) is 0 Å². The van der Waals surface area contributed by atoms with E-state index < -0.39 is 78.2 Å². The van der Waals surface area contributed by atoms with Gasteiger partial charge in [-0.3, -0.25) is 9.59 Å². The first-order valence-electron chi connectivity index (χ1n) is 20.9. The van der Waals surface area contributed by atoms with Gasteiger partial charge in [0.2, 0.25) is 11.8 Å². The molecule has 1 N–H and O–H groups in total. The summed E-state index contributed by atoms with van der Waals surface area (Å²) in [6, 6.07) is 31.8. The molecule has 328 valence electrons. The summed E-state index contributed by atoms with van der Waals surface area (Å²) in [6.07, 6.45) is -7.76. The van der Waals surface area contributed by atoms with Crippen molar-refractivity contribution in [3.05, 3.63) is 149 Å². The maximum atomic E-state index is 14.5. The average Bonchev–Trinajstić information content (AvgIpc) is 3.78. The Bertz CT molecular complexity index is 2550. The molecule has 0 aromatic heterocycles. The highest BCUT2D eigenvalue weighted by Gasteiger charge is 2.58. The van der Waals surface area contributed by atoms with Gasteiger partial charge in [0.25, 0.3) is 8.32 Å². The lowest BCUT2D eigenvalue weighted by atomic mass is 9.69. The summed E-state index contributed by atoms with van der Waals surface area (Å²) < 4.78 is 98.0. The second-order valence-corrected chi connectivity index (χ2v) is 22.1. The van der Waals surface area contributed by atoms with Crippen LogP contribution < -0.4 is 15.3 Å². The summed E-state index contributed by atoms with van der Waals surface area (Å²) in [5.41, 5.74) is -0.538. The van der Waals surface area contributed by atoms with Crippen molar-refractivity contribution in [1.82, 2.24) is 0 Å². The minimum Gasteiger partial charge on any atom is -0.507 e. The Morgan fingerprint density at radius 1 is 0.778 bits per heavy atom. The second-order valence-electron chi connectivity index (χ2n) is 17.8. The molecule has 3 aliphatic rings. The van der Waals surface area contributed by atoms with Crippen molar-refractivity contribution in [2.24, 2.45) is 17.8 Å². The van der Waals surface area contributed by atoms with Gasteiger partial charge < -0.3 is 14.3 Å². The Kier molecular flexibility index (Phi) is 11.6. The van der Waals surface area contributed by atoms with E-state index in [1.807, 2.05) is 79.7 Å². The van der Waals surface area contributed by atoms with Gasteiger partial charge in [0.1, 0.15) is 5.75 Å². The van der Waals surface area contributed by atoms with Crippen LogP contribution in [0.2, 0.25) is 5.04 Å². The van der Waals surface area contributed by atoms with Crippen LogP contribution in [-0.2, 0) is 31.1 Å². The Hall–Kier alpha value is -5.50. The minimum absolute atomic E-state index is 0.00897. The van der Waals surface area contributed by atoms with Crippen molar-refractivity contribution in [2.45, 2.75) is 70.5 Å². The highest BCUT2D eigenvalue weighted by atomic mass is 28.4. The largest absolute Gasteiger partial charge is 0.507 e. The summed E-state index contributed by atoms with van der Waals surface area (Å²) in [7, 11) is -3.16. The number of aromatic hydroxyl groups is 1. The lowest BCUT2D eigenvalue weighted by molar-refractivity contribution is -0.143. The van der Waals surface area contributed by atoms with Crippen LogP contribution in [0.1, 0.15) is 63.6 Å². The molecule has 4 atom stereocenters. The fourth-order valence-corrected chi connectivity index (χ4v) is 14.6. The number of imide groups is 1. The number of allylic oxidation sites excluding steroid dienone is 1. The van der Waals surface area contributed by atoms with Crippen molar-refractivity contribution in [3.8, 4) is 5.75 Å². The lowest BCUT2D eigenvalue weighted by Crippen LogP contribution is -2.66. The molecule has 2 amide bonds. The number of benzene rings is 5. The van der Waals surface area contributed by atoms with Gasteiger partial charge in [-0.2, -0.15) is 26.3 Å². The molecule has 6 nitrogen and oxygen atoms in total. The topological polar surface area (TPSA) is 76.1 Å². The third kappa shape index (κ3) is 8.15. The quantitative estimate of drug-likeness (QED) is 0.0654. The van der Waals surface area contributed by atoms with Crippen LogP contribution in [-0.4, -0.2) is 44.6 Å². The molecule has 5 aromatic carbocycles. The molecule has 8 rings (SSSR count). The normalized spacial score (nSPS) is 21.0. The van der Waals surface area contributed by atoms with E-state index in [4.69, 9.17) is 9.16 Å². The number of phenolic OH excluding ortho intramolecular Hbond substituents is 1. The van der Waals surface area contributed by atoms with Crippen molar-refractivity contribution in [1.29, 1.82) is 0 Å². The zero-order chi connectivity index (χ0) is 45.1. The molecular formula is C50H47F6NO5Si.